The Hall–Kier alpha value is -0.433. The van der Waals surface area contributed by atoms with Gasteiger partial charge in [-0.1, -0.05) is 20.8 Å². The van der Waals surface area contributed by atoms with E-state index in [0.29, 0.717) is 19.3 Å². The smallest absolute Gasteiger partial charge is 0.245 e. The van der Waals surface area contributed by atoms with Gasteiger partial charge in [0.2, 0.25) is 5.91 Å². The van der Waals surface area contributed by atoms with E-state index in [1.54, 1.807) is 7.05 Å². The average molecular weight is 320 g/mol. The highest BCUT2D eigenvalue weighted by atomic mass is 28.4. The van der Waals surface area contributed by atoms with Crippen LogP contribution in [-0.4, -0.2) is 51.3 Å². The molecule has 1 amide bonds. The number of hydrogen-bond acceptors (Lipinski definition) is 4. The molecule has 0 heterocycles. The zero-order valence-electron chi connectivity index (χ0n) is 14.7. The summed E-state index contributed by atoms with van der Waals surface area (Å²) in [5, 5.41) is 10.4. The summed E-state index contributed by atoms with van der Waals surface area (Å²) >= 11 is 0. The normalized spacial score (nSPS) is 14.1. The monoisotopic (exact) mass is 319 g/mol. The Kier molecular flexibility index (Phi) is 8.69. The van der Waals surface area contributed by atoms with Gasteiger partial charge in [-0.25, -0.2) is 5.06 Å². The quantitative estimate of drug-likeness (QED) is 0.524. The Balaban J connectivity index is 4.63. The highest BCUT2D eigenvalue weighted by molar-refractivity contribution is 6.74. The van der Waals surface area contributed by atoms with Gasteiger partial charge in [0.15, 0.2) is 8.32 Å². The number of hydroxylamine groups is 2. The molecular weight excluding hydrogens is 286 g/mol. The van der Waals surface area contributed by atoms with E-state index in [-0.39, 0.29) is 23.7 Å². The summed E-state index contributed by atoms with van der Waals surface area (Å²) in [4.78, 5) is 16.7. The Labute approximate surface area is 130 Å². The molecule has 0 saturated heterocycles. The second-order valence-electron chi connectivity index (χ2n) is 6.98. The predicted octanol–water partition coefficient (Wildman–Crippen LogP) is 2.95. The molecule has 1 unspecified atom stereocenters. The summed E-state index contributed by atoms with van der Waals surface area (Å²) < 4.78 is 6.38. The summed E-state index contributed by atoms with van der Waals surface area (Å²) in [5.74, 6) is -0.0506. The molecule has 0 aromatic rings. The van der Waals surface area contributed by atoms with Crippen molar-refractivity contribution in [1.82, 2.24) is 5.06 Å². The van der Waals surface area contributed by atoms with E-state index in [4.69, 9.17) is 14.4 Å². The first kappa shape index (κ1) is 20.6. The van der Waals surface area contributed by atoms with E-state index in [1.165, 1.54) is 12.2 Å². The minimum atomic E-state index is -1.86. The Morgan fingerprint density at radius 1 is 1.29 bits per heavy atom. The fraction of sp³-hybridized carbons (Fsp3) is 0.933. The highest BCUT2D eigenvalue weighted by Gasteiger charge is 2.39. The molecule has 0 saturated carbocycles. The van der Waals surface area contributed by atoms with Crippen molar-refractivity contribution < 1.29 is 19.2 Å². The van der Waals surface area contributed by atoms with Gasteiger partial charge in [-0.3, -0.25) is 9.63 Å². The molecule has 0 aromatic carbocycles. The third kappa shape index (κ3) is 7.40. The number of carbonyl (C=O) groups excluding carboxylic acids is 1. The molecule has 0 aromatic heterocycles. The molecule has 1 atom stereocenters. The molecule has 0 aliphatic heterocycles. The lowest BCUT2D eigenvalue weighted by molar-refractivity contribution is -0.169. The van der Waals surface area contributed by atoms with Gasteiger partial charge in [0, 0.05) is 26.2 Å². The largest absolute Gasteiger partial charge is 0.414 e. The molecule has 0 aliphatic carbocycles. The van der Waals surface area contributed by atoms with Gasteiger partial charge in [0.25, 0.3) is 0 Å². The molecule has 0 fully saturated rings. The second kappa shape index (κ2) is 8.88. The van der Waals surface area contributed by atoms with Crippen LogP contribution in [0, 0.1) is 0 Å². The number of nitrogens with zero attached hydrogens (tertiary/aromatic N) is 1. The number of hydrogen-bond donors (Lipinski definition) is 1. The van der Waals surface area contributed by atoms with Gasteiger partial charge in [-0.05, 0) is 37.4 Å². The maximum Gasteiger partial charge on any atom is 0.245 e. The van der Waals surface area contributed by atoms with E-state index in [0.717, 1.165) is 6.42 Å². The van der Waals surface area contributed by atoms with E-state index in [2.05, 4.69) is 33.9 Å². The van der Waals surface area contributed by atoms with Gasteiger partial charge in [-0.2, -0.15) is 0 Å². The van der Waals surface area contributed by atoms with Gasteiger partial charge in [0.05, 0.1) is 7.11 Å². The maximum atomic E-state index is 11.8. The fourth-order valence-electron chi connectivity index (χ4n) is 1.72. The van der Waals surface area contributed by atoms with Crippen LogP contribution in [0.3, 0.4) is 0 Å². The van der Waals surface area contributed by atoms with Crippen LogP contribution in [0.1, 0.15) is 46.5 Å². The number of aliphatic hydroxyl groups is 1. The third-order valence-electron chi connectivity index (χ3n) is 4.26. The first-order valence-corrected chi connectivity index (χ1v) is 10.6. The molecule has 6 heteroatoms. The summed E-state index contributed by atoms with van der Waals surface area (Å²) in [6.45, 7) is 11.2. The summed E-state index contributed by atoms with van der Waals surface area (Å²) in [5.41, 5.74) is 0. The van der Waals surface area contributed by atoms with Gasteiger partial charge < -0.3 is 9.53 Å². The summed E-state index contributed by atoms with van der Waals surface area (Å²) in [6.07, 6.45) is 2.57. The maximum absolute atomic E-state index is 11.8. The number of amides is 1. The molecule has 0 bridgehead atoms. The molecule has 126 valence electrons. The first-order chi connectivity index (χ1) is 9.55. The second-order valence-corrected chi connectivity index (χ2v) is 11.7. The zero-order chi connectivity index (χ0) is 16.7. The van der Waals surface area contributed by atoms with E-state index >= 15 is 0 Å². The molecule has 0 radical (unpaired) electrons. The van der Waals surface area contributed by atoms with Crippen molar-refractivity contribution in [2.45, 2.75) is 70.7 Å². The SMILES string of the molecule is CON(C)C(=O)CCC(CCCO)O[Si](C)(C)C(C)(C)C. The van der Waals surface area contributed by atoms with Crippen LogP contribution in [-0.2, 0) is 14.1 Å². The highest BCUT2D eigenvalue weighted by Crippen LogP contribution is 2.38. The lowest BCUT2D eigenvalue weighted by atomic mass is 10.1. The number of rotatable bonds is 9. The van der Waals surface area contributed by atoms with Crippen LogP contribution in [0.2, 0.25) is 18.1 Å². The molecule has 0 aliphatic rings. The number of carbonyl (C=O) groups is 1. The van der Waals surface area contributed by atoms with Gasteiger partial charge in [-0.15, -0.1) is 0 Å². The predicted molar refractivity (Wildman–Crippen MR) is 87.4 cm³/mol. The Morgan fingerprint density at radius 2 is 1.86 bits per heavy atom. The van der Waals surface area contributed by atoms with E-state index in [1.807, 2.05) is 0 Å². The van der Waals surface area contributed by atoms with Crippen LogP contribution in [0.15, 0.2) is 0 Å². The standard InChI is InChI=1S/C15H33NO4Si/c1-15(2,3)21(6,7)20-13(9-8-12-17)10-11-14(18)16(4)19-5/h13,17H,8-12H2,1-7H3. The van der Waals surface area contributed by atoms with Crippen molar-refractivity contribution in [3.63, 3.8) is 0 Å². The van der Waals surface area contributed by atoms with Crippen LogP contribution >= 0.6 is 0 Å². The molecule has 5 nitrogen and oxygen atoms in total. The van der Waals surface area contributed by atoms with Crippen LogP contribution in [0.25, 0.3) is 0 Å². The van der Waals surface area contributed by atoms with E-state index in [9.17, 15) is 4.79 Å². The minimum absolute atomic E-state index is 0.0206. The van der Waals surface area contributed by atoms with Crippen molar-refractivity contribution >= 4 is 14.2 Å². The topological polar surface area (TPSA) is 59.0 Å². The zero-order valence-corrected chi connectivity index (χ0v) is 15.7. The lowest BCUT2D eigenvalue weighted by Crippen LogP contribution is -2.44. The lowest BCUT2D eigenvalue weighted by Gasteiger charge is -2.39. The molecule has 1 N–H and O–H groups in total. The molecular formula is C15H33NO4Si. The molecule has 0 spiro atoms. The van der Waals surface area contributed by atoms with Crippen molar-refractivity contribution in [2.75, 3.05) is 20.8 Å². The van der Waals surface area contributed by atoms with Gasteiger partial charge >= 0.3 is 0 Å². The van der Waals surface area contributed by atoms with Crippen LogP contribution in [0.4, 0.5) is 0 Å². The summed E-state index contributed by atoms with van der Waals surface area (Å²) in [7, 11) is 1.23. The first-order valence-electron chi connectivity index (χ1n) is 7.64. The average Bonchev–Trinajstić information content (AvgIpc) is 2.38. The van der Waals surface area contributed by atoms with Crippen molar-refractivity contribution in [3.05, 3.63) is 0 Å². The van der Waals surface area contributed by atoms with Crippen molar-refractivity contribution in [2.24, 2.45) is 0 Å². The number of aliphatic hydroxyl groups excluding tert-OH is 1. The van der Waals surface area contributed by atoms with Crippen LogP contribution < -0.4 is 0 Å². The minimum Gasteiger partial charge on any atom is -0.414 e. The van der Waals surface area contributed by atoms with Crippen molar-refractivity contribution in [3.8, 4) is 0 Å². The van der Waals surface area contributed by atoms with Crippen LogP contribution in [0.5, 0.6) is 0 Å². The van der Waals surface area contributed by atoms with E-state index < -0.39 is 8.32 Å². The third-order valence-corrected chi connectivity index (χ3v) is 8.79. The molecule has 0 rings (SSSR count). The Morgan fingerprint density at radius 3 is 2.29 bits per heavy atom. The van der Waals surface area contributed by atoms with Gasteiger partial charge in [0.1, 0.15) is 0 Å². The van der Waals surface area contributed by atoms with Crippen molar-refractivity contribution in [1.29, 1.82) is 0 Å². The summed E-state index contributed by atoms with van der Waals surface area (Å²) in [6, 6.07) is 0. The Bertz CT molecular complexity index is 315. The molecule has 21 heavy (non-hydrogen) atoms. The fourth-order valence-corrected chi connectivity index (χ4v) is 3.14.